The number of carbonyl (C=O) groups is 2. The van der Waals surface area contributed by atoms with Crippen molar-refractivity contribution < 1.29 is 27.9 Å². The number of sulfonamides is 1. The molecule has 2 unspecified atom stereocenters. The second-order valence-corrected chi connectivity index (χ2v) is 6.39. The summed E-state index contributed by atoms with van der Waals surface area (Å²) in [7, 11) is -2.33. The Morgan fingerprint density at radius 2 is 2.11 bits per heavy atom. The maximum absolute atomic E-state index is 11.8. The number of aliphatic carboxylic acids is 1. The molecular formula is C10H17NO6S. The number of esters is 1. The fourth-order valence-corrected chi connectivity index (χ4v) is 4.08. The lowest BCUT2D eigenvalue weighted by molar-refractivity contribution is -0.143. The van der Waals surface area contributed by atoms with Crippen LogP contribution in [-0.2, 0) is 24.3 Å². The molecule has 1 aliphatic rings. The number of carbonyl (C=O) groups excluding carboxylic acids is 1. The lowest BCUT2D eigenvalue weighted by Gasteiger charge is -2.22. The summed E-state index contributed by atoms with van der Waals surface area (Å²) in [6.07, 6.45) is -0.193. The summed E-state index contributed by atoms with van der Waals surface area (Å²) >= 11 is 0. The van der Waals surface area contributed by atoms with Gasteiger partial charge in [0, 0.05) is 13.0 Å². The molecule has 1 saturated heterocycles. The summed E-state index contributed by atoms with van der Waals surface area (Å²) < 4.78 is 28.9. The zero-order chi connectivity index (χ0) is 13.9. The van der Waals surface area contributed by atoms with E-state index >= 15 is 0 Å². The molecule has 104 valence electrons. The van der Waals surface area contributed by atoms with E-state index in [1.54, 1.807) is 6.92 Å². The number of carboxylic acid groups (broad SMARTS) is 1. The maximum Gasteiger partial charge on any atom is 0.322 e. The summed E-state index contributed by atoms with van der Waals surface area (Å²) in [5.74, 6) is -1.94. The van der Waals surface area contributed by atoms with Crippen LogP contribution in [0.2, 0.25) is 0 Å². The SMILES string of the molecule is COC(=O)CCC(C(=O)O)N1CC(C)CS1(=O)=O. The Kier molecular flexibility index (Phi) is 4.69. The van der Waals surface area contributed by atoms with E-state index in [2.05, 4.69) is 4.74 Å². The molecule has 0 saturated carbocycles. The molecule has 0 bridgehead atoms. The minimum absolute atomic E-state index is 0.0466. The number of ether oxygens (including phenoxy) is 1. The molecule has 2 atom stereocenters. The molecule has 1 rings (SSSR count). The van der Waals surface area contributed by atoms with Gasteiger partial charge in [-0.1, -0.05) is 6.92 Å². The van der Waals surface area contributed by atoms with Gasteiger partial charge in [0.15, 0.2) is 0 Å². The molecule has 1 fully saturated rings. The molecule has 0 radical (unpaired) electrons. The van der Waals surface area contributed by atoms with Crippen molar-refractivity contribution in [3.05, 3.63) is 0 Å². The van der Waals surface area contributed by atoms with Gasteiger partial charge in [0.1, 0.15) is 6.04 Å². The van der Waals surface area contributed by atoms with Gasteiger partial charge < -0.3 is 9.84 Å². The molecule has 0 aromatic carbocycles. The Morgan fingerprint density at radius 1 is 1.50 bits per heavy atom. The predicted molar refractivity (Wildman–Crippen MR) is 62.3 cm³/mol. The number of hydrogen-bond donors (Lipinski definition) is 1. The van der Waals surface area contributed by atoms with Crippen LogP contribution >= 0.6 is 0 Å². The standard InChI is InChI=1S/C10H17NO6S/c1-7-5-11(18(15,16)6-7)8(10(13)14)3-4-9(12)17-2/h7-8H,3-6H2,1-2H3,(H,13,14). The Bertz CT molecular complexity index is 432. The maximum atomic E-state index is 11.8. The summed E-state index contributed by atoms with van der Waals surface area (Å²) in [4.78, 5) is 22.1. The molecule has 0 spiro atoms. The van der Waals surface area contributed by atoms with E-state index in [1.807, 2.05) is 0 Å². The van der Waals surface area contributed by atoms with Crippen molar-refractivity contribution in [2.45, 2.75) is 25.8 Å². The summed E-state index contributed by atoms with van der Waals surface area (Å²) in [5.41, 5.74) is 0. The summed E-state index contributed by atoms with van der Waals surface area (Å²) in [5, 5.41) is 9.08. The first-order valence-corrected chi connectivity index (χ1v) is 7.18. The van der Waals surface area contributed by atoms with E-state index in [4.69, 9.17) is 5.11 Å². The molecular weight excluding hydrogens is 262 g/mol. The van der Waals surface area contributed by atoms with E-state index in [-0.39, 0.29) is 31.1 Å². The quantitative estimate of drug-likeness (QED) is 0.692. The van der Waals surface area contributed by atoms with Crippen LogP contribution in [0.3, 0.4) is 0 Å². The van der Waals surface area contributed by atoms with Crippen LogP contribution < -0.4 is 0 Å². The van der Waals surface area contributed by atoms with Gasteiger partial charge in [-0.3, -0.25) is 9.59 Å². The molecule has 0 aromatic rings. The average Bonchev–Trinajstić information content (AvgIpc) is 2.51. The van der Waals surface area contributed by atoms with E-state index in [0.29, 0.717) is 0 Å². The highest BCUT2D eigenvalue weighted by molar-refractivity contribution is 7.89. The molecule has 0 aliphatic carbocycles. The third-order valence-corrected chi connectivity index (χ3v) is 4.93. The Hall–Kier alpha value is -1.15. The number of rotatable bonds is 5. The third-order valence-electron chi connectivity index (χ3n) is 2.83. The molecule has 1 N–H and O–H groups in total. The minimum atomic E-state index is -3.53. The van der Waals surface area contributed by atoms with Gasteiger partial charge in [-0.2, -0.15) is 4.31 Å². The van der Waals surface area contributed by atoms with Crippen molar-refractivity contribution in [3.8, 4) is 0 Å². The highest BCUT2D eigenvalue weighted by Gasteiger charge is 2.41. The zero-order valence-corrected chi connectivity index (χ0v) is 11.1. The monoisotopic (exact) mass is 279 g/mol. The molecule has 18 heavy (non-hydrogen) atoms. The van der Waals surface area contributed by atoms with Crippen LogP contribution in [-0.4, -0.2) is 55.2 Å². The molecule has 0 amide bonds. The average molecular weight is 279 g/mol. The number of nitrogens with zero attached hydrogens (tertiary/aromatic N) is 1. The fraction of sp³-hybridized carbons (Fsp3) is 0.800. The zero-order valence-electron chi connectivity index (χ0n) is 10.3. The largest absolute Gasteiger partial charge is 0.480 e. The number of carboxylic acids is 1. The van der Waals surface area contributed by atoms with Crippen LogP contribution in [0.5, 0.6) is 0 Å². The van der Waals surface area contributed by atoms with E-state index in [0.717, 1.165) is 4.31 Å². The molecule has 7 nitrogen and oxygen atoms in total. The lowest BCUT2D eigenvalue weighted by Crippen LogP contribution is -2.42. The Labute approximate surface area is 106 Å². The molecule has 8 heteroatoms. The number of hydrogen-bond acceptors (Lipinski definition) is 5. The topological polar surface area (TPSA) is 101 Å². The highest BCUT2D eigenvalue weighted by atomic mass is 32.2. The van der Waals surface area contributed by atoms with Crippen LogP contribution in [0.4, 0.5) is 0 Å². The normalized spacial score (nSPS) is 24.7. The minimum Gasteiger partial charge on any atom is -0.480 e. The van der Waals surface area contributed by atoms with Crippen molar-refractivity contribution in [2.24, 2.45) is 5.92 Å². The van der Waals surface area contributed by atoms with Crippen molar-refractivity contribution in [1.82, 2.24) is 4.31 Å². The summed E-state index contributed by atoms with van der Waals surface area (Å²) in [6.45, 7) is 1.93. The first-order chi connectivity index (χ1) is 8.27. The smallest absolute Gasteiger partial charge is 0.322 e. The van der Waals surface area contributed by atoms with E-state index < -0.39 is 28.0 Å². The summed E-state index contributed by atoms with van der Waals surface area (Å²) in [6, 6.07) is -1.20. The van der Waals surface area contributed by atoms with Crippen LogP contribution in [0, 0.1) is 5.92 Å². The van der Waals surface area contributed by atoms with Gasteiger partial charge in [-0.25, -0.2) is 8.42 Å². The fourth-order valence-electron chi connectivity index (χ4n) is 2.00. The van der Waals surface area contributed by atoms with E-state index in [9.17, 15) is 18.0 Å². The van der Waals surface area contributed by atoms with Crippen LogP contribution in [0.15, 0.2) is 0 Å². The lowest BCUT2D eigenvalue weighted by atomic mass is 10.1. The van der Waals surface area contributed by atoms with Crippen molar-refractivity contribution >= 4 is 22.0 Å². The van der Waals surface area contributed by atoms with Gasteiger partial charge in [0.25, 0.3) is 0 Å². The van der Waals surface area contributed by atoms with Gasteiger partial charge in [0.2, 0.25) is 10.0 Å². The Balaban J connectivity index is 2.80. The van der Waals surface area contributed by atoms with Gasteiger partial charge in [-0.15, -0.1) is 0 Å². The van der Waals surface area contributed by atoms with Crippen molar-refractivity contribution in [3.63, 3.8) is 0 Å². The Morgan fingerprint density at radius 3 is 2.50 bits per heavy atom. The van der Waals surface area contributed by atoms with Crippen LogP contribution in [0.25, 0.3) is 0 Å². The number of methoxy groups -OCH3 is 1. The van der Waals surface area contributed by atoms with Gasteiger partial charge in [0.05, 0.1) is 12.9 Å². The molecule has 0 aromatic heterocycles. The second-order valence-electron chi connectivity index (χ2n) is 4.42. The van der Waals surface area contributed by atoms with E-state index in [1.165, 1.54) is 7.11 Å². The first kappa shape index (κ1) is 14.9. The van der Waals surface area contributed by atoms with Gasteiger partial charge >= 0.3 is 11.9 Å². The first-order valence-electron chi connectivity index (χ1n) is 5.57. The van der Waals surface area contributed by atoms with Crippen LogP contribution in [0.1, 0.15) is 19.8 Å². The predicted octanol–water partition coefficient (Wildman–Crippen LogP) is -0.326. The highest BCUT2D eigenvalue weighted by Crippen LogP contribution is 2.24. The second kappa shape index (κ2) is 5.66. The van der Waals surface area contributed by atoms with Crippen molar-refractivity contribution in [1.29, 1.82) is 0 Å². The van der Waals surface area contributed by atoms with Crippen molar-refractivity contribution in [2.75, 3.05) is 19.4 Å². The molecule has 1 aliphatic heterocycles. The third kappa shape index (κ3) is 3.42. The van der Waals surface area contributed by atoms with Gasteiger partial charge in [-0.05, 0) is 12.3 Å². The molecule has 1 heterocycles.